The number of hydrogen-bond acceptors (Lipinski definition) is 3. The maximum Gasteiger partial charge on any atom is 0.0895 e. The van der Waals surface area contributed by atoms with Crippen molar-refractivity contribution in [1.82, 2.24) is 5.32 Å². The SMILES string of the molecule is OCC(O)CNC1C2CCC1Cc1ccccc1C2. The zero-order chi connectivity index (χ0) is 13.2. The number of nitrogens with one attached hydrogen (secondary N) is 1. The first-order chi connectivity index (χ1) is 9.28. The molecular weight excluding hydrogens is 238 g/mol. The fourth-order valence-electron chi connectivity index (χ4n) is 3.82. The third-order valence-electron chi connectivity index (χ3n) is 4.81. The number of hydrogen-bond donors (Lipinski definition) is 3. The molecule has 0 spiro atoms. The molecule has 1 fully saturated rings. The summed E-state index contributed by atoms with van der Waals surface area (Å²) in [5.74, 6) is 1.36. The highest BCUT2D eigenvalue weighted by Crippen LogP contribution is 2.39. The van der Waals surface area contributed by atoms with Crippen LogP contribution in [0.3, 0.4) is 0 Å². The van der Waals surface area contributed by atoms with Crippen molar-refractivity contribution < 1.29 is 10.2 Å². The van der Waals surface area contributed by atoms with Crippen LogP contribution in [-0.2, 0) is 12.8 Å². The van der Waals surface area contributed by atoms with Gasteiger partial charge in [0, 0.05) is 12.6 Å². The van der Waals surface area contributed by atoms with E-state index in [4.69, 9.17) is 5.11 Å². The monoisotopic (exact) mass is 261 g/mol. The van der Waals surface area contributed by atoms with E-state index in [1.54, 1.807) is 0 Å². The molecule has 3 nitrogen and oxygen atoms in total. The van der Waals surface area contributed by atoms with Crippen LogP contribution < -0.4 is 5.32 Å². The molecule has 3 unspecified atom stereocenters. The van der Waals surface area contributed by atoms with E-state index >= 15 is 0 Å². The summed E-state index contributed by atoms with van der Waals surface area (Å²) >= 11 is 0. The largest absolute Gasteiger partial charge is 0.394 e. The number of aliphatic hydroxyl groups is 2. The van der Waals surface area contributed by atoms with Gasteiger partial charge in [-0.2, -0.15) is 0 Å². The van der Waals surface area contributed by atoms with Gasteiger partial charge in [0.25, 0.3) is 0 Å². The molecule has 0 saturated heterocycles. The molecule has 0 aliphatic heterocycles. The summed E-state index contributed by atoms with van der Waals surface area (Å²) in [5, 5.41) is 21.9. The maximum absolute atomic E-state index is 9.51. The summed E-state index contributed by atoms with van der Waals surface area (Å²) in [7, 11) is 0. The quantitative estimate of drug-likeness (QED) is 0.761. The van der Waals surface area contributed by atoms with E-state index in [0.29, 0.717) is 24.4 Å². The minimum atomic E-state index is -0.634. The molecule has 1 aromatic rings. The Labute approximate surface area is 114 Å². The zero-order valence-electron chi connectivity index (χ0n) is 11.3. The van der Waals surface area contributed by atoms with Crippen LogP contribution in [0.25, 0.3) is 0 Å². The van der Waals surface area contributed by atoms with Gasteiger partial charge >= 0.3 is 0 Å². The smallest absolute Gasteiger partial charge is 0.0895 e. The molecule has 104 valence electrons. The first kappa shape index (κ1) is 13.1. The molecule has 1 saturated carbocycles. The molecule has 0 aromatic heterocycles. The van der Waals surface area contributed by atoms with Crippen LogP contribution in [0.2, 0.25) is 0 Å². The molecule has 2 bridgehead atoms. The third kappa shape index (κ3) is 2.69. The average Bonchev–Trinajstić information content (AvgIpc) is 2.70. The molecule has 3 atom stereocenters. The van der Waals surface area contributed by atoms with Crippen molar-refractivity contribution in [2.24, 2.45) is 11.8 Å². The molecule has 3 heteroatoms. The lowest BCUT2D eigenvalue weighted by molar-refractivity contribution is 0.0886. The van der Waals surface area contributed by atoms with Gasteiger partial charge < -0.3 is 15.5 Å². The summed E-state index contributed by atoms with van der Waals surface area (Å²) in [6, 6.07) is 9.28. The highest BCUT2D eigenvalue weighted by molar-refractivity contribution is 5.30. The number of fused-ring (bicyclic) bond motifs is 3. The number of aliphatic hydroxyl groups excluding tert-OH is 2. The van der Waals surface area contributed by atoms with Gasteiger partial charge in [0.1, 0.15) is 0 Å². The number of rotatable bonds is 4. The Bertz CT molecular complexity index is 402. The zero-order valence-corrected chi connectivity index (χ0v) is 11.3. The van der Waals surface area contributed by atoms with E-state index < -0.39 is 6.10 Å². The van der Waals surface area contributed by atoms with Crippen LogP contribution in [0.4, 0.5) is 0 Å². The molecule has 1 aromatic carbocycles. The molecule has 3 N–H and O–H groups in total. The molecule has 0 amide bonds. The lowest BCUT2D eigenvalue weighted by atomic mass is 9.94. The average molecular weight is 261 g/mol. The molecule has 3 rings (SSSR count). The third-order valence-corrected chi connectivity index (χ3v) is 4.81. The Morgan fingerprint density at radius 1 is 1.11 bits per heavy atom. The first-order valence-electron chi connectivity index (χ1n) is 7.37. The van der Waals surface area contributed by atoms with Gasteiger partial charge in [-0.15, -0.1) is 0 Å². The second kappa shape index (κ2) is 5.61. The van der Waals surface area contributed by atoms with Gasteiger partial charge in [-0.3, -0.25) is 0 Å². The van der Waals surface area contributed by atoms with Gasteiger partial charge in [-0.1, -0.05) is 24.3 Å². The summed E-state index contributed by atoms with van der Waals surface area (Å²) in [6.45, 7) is 0.347. The molecule has 2 aliphatic carbocycles. The van der Waals surface area contributed by atoms with Crippen molar-refractivity contribution in [2.75, 3.05) is 13.2 Å². The summed E-state index contributed by atoms with van der Waals surface area (Å²) < 4.78 is 0. The van der Waals surface area contributed by atoms with Gasteiger partial charge in [0.2, 0.25) is 0 Å². The van der Waals surface area contributed by atoms with Gasteiger partial charge in [0.15, 0.2) is 0 Å². The Hall–Kier alpha value is -0.900. The molecule has 0 heterocycles. The topological polar surface area (TPSA) is 52.5 Å². The highest BCUT2D eigenvalue weighted by atomic mass is 16.3. The van der Waals surface area contributed by atoms with E-state index in [1.165, 1.54) is 24.0 Å². The van der Waals surface area contributed by atoms with E-state index in [1.807, 2.05) is 0 Å². The van der Waals surface area contributed by atoms with Crippen LogP contribution in [0.5, 0.6) is 0 Å². The van der Waals surface area contributed by atoms with Crippen molar-refractivity contribution in [3.63, 3.8) is 0 Å². The summed E-state index contributed by atoms with van der Waals surface area (Å²) in [4.78, 5) is 0. The minimum Gasteiger partial charge on any atom is -0.394 e. The van der Waals surface area contributed by atoms with Gasteiger partial charge in [-0.05, 0) is 48.6 Å². The molecule has 0 radical (unpaired) electrons. The van der Waals surface area contributed by atoms with Crippen molar-refractivity contribution >= 4 is 0 Å². The standard InChI is InChI=1S/C16H23NO2/c18-10-15(19)9-17-16-13-5-6-14(16)8-12-4-2-1-3-11(12)7-13/h1-4,13-19H,5-10H2. The van der Waals surface area contributed by atoms with Crippen molar-refractivity contribution in [3.8, 4) is 0 Å². The number of benzene rings is 1. The van der Waals surface area contributed by atoms with E-state index in [-0.39, 0.29) is 6.61 Å². The predicted molar refractivity (Wildman–Crippen MR) is 74.9 cm³/mol. The van der Waals surface area contributed by atoms with Crippen LogP contribution in [-0.4, -0.2) is 35.5 Å². The minimum absolute atomic E-state index is 0.157. The fourth-order valence-corrected chi connectivity index (χ4v) is 3.82. The Balaban J connectivity index is 1.72. The van der Waals surface area contributed by atoms with Crippen LogP contribution in [0.15, 0.2) is 24.3 Å². The van der Waals surface area contributed by atoms with Gasteiger partial charge in [-0.25, -0.2) is 0 Å². The Morgan fingerprint density at radius 3 is 2.21 bits per heavy atom. The fraction of sp³-hybridized carbons (Fsp3) is 0.625. The van der Waals surface area contributed by atoms with Crippen molar-refractivity contribution in [1.29, 1.82) is 0 Å². The second-order valence-electron chi connectivity index (χ2n) is 6.04. The van der Waals surface area contributed by atoms with Crippen molar-refractivity contribution in [2.45, 2.75) is 37.8 Å². The molecular formula is C16H23NO2. The summed E-state index contributed by atoms with van der Waals surface area (Å²) in [6.07, 6.45) is 4.24. The Morgan fingerprint density at radius 2 is 1.68 bits per heavy atom. The van der Waals surface area contributed by atoms with Crippen LogP contribution in [0, 0.1) is 11.8 Å². The maximum atomic E-state index is 9.51. The molecule has 2 aliphatic rings. The van der Waals surface area contributed by atoms with Crippen LogP contribution in [0.1, 0.15) is 24.0 Å². The van der Waals surface area contributed by atoms with E-state index in [2.05, 4.69) is 29.6 Å². The van der Waals surface area contributed by atoms with E-state index in [0.717, 1.165) is 12.8 Å². The molecule has 19 heavy (non-hydrogen) atoms. The second-order valence-corrected chi connectivity index (χ2v) is 6.04. The van der Waals surface area contributed by atoms with Crippen molar-refractivity contribution in [3.05, 3.63) is 35.4 Å². The van der Waals surface area contributed by atoms with Crippen LogP contribution >= 0.6 is 0 Å². The predicted octanol–water partition coefficient (Wildman–Crippen LogP) is 1.12. The normalized spacial score (nSPS) is 30.7. The first-order valence-corrected chi connectivity index (χ1v) is 7.37. The summed E-state index contributed by atoms with van der Waals surface area (Å²) in [5.41, 5.74) is 3.01. The van der Waals surface area contributed by atoms with Gasteiger partial charge in [0.05, 0.1) is 12.7 Å². The lowest BCUT2D eigenvalue weighted by Crippen LogP contribution is -2.42. The Kier molecular flexibility index (Phi) is 3.87. The van der Waals surface area contributed by atoms with E-state index in [9.17, 15) is 5.11 Å². The highest BCUT2D eigenvalue weighted by Gasteiger charge is 2.38. The lowest BCUT2D eigenvalue weighted by Gasteiger charge is -2.24.